The lowest BCUT2D eigenvalue weighted by Gasteiger charge is -1.94. The van der Waals surface area contributed by atoms with Gasteiger partial charge in [0.2, 0.25) is 0 Å². The van der Waals surface area contributed by atoms with Crippen LogP contribution in [0.2, 0.25) is 0 Å². The zero-order chi connectivity index (χ0) is 6.36. The average molecular weight is 116 g/mol. The van der Waals surface area contributed by atoms with Crippen LogP contribution in [0.25, 0.3) is 0 Å². The van der Waals surface area contributed by atoms with Gasteiger partial charge >= 0.3 is 5.97 Å². The molecule has 3 heteroatoms. The van der Waals surface area contributed by atoms with Gasteiger partial charge in [0.25, 0.3) is 0 Å². The molecule has 3 nitrogen and oxygen atoms in total. The van der Waals surface area contributed by atoms with E-state index in [1.807, 2.05) is 0 Å². The average Bonchev–Trinajstić information content (AvgIpc) is 2.13. The van der Waals surface area contributed by atoms with Gasteiger partial charge in [-0.15, -0.1) is 0 Å². The highest BCUT2D eigenvalue weighted by Gasteiger charge is 2.53. The van der Waals surface area contributed by atoms with Gasteiger partial charge in [-0.25, -0.2) is 0 Å². The van der Waals surface area contributed by atoms with E-state index in [0.717, 1.165) is 0 Å². The largest absolute Gasteiger partial charge is 0.481 e. The molecule has 2 unspecified atom stereocenters. The lowest BCUT2D eigenvalue weighted by Crippen LogP contribution is -2.10. The molecular weight excluding hydrogens is 108 g/mol. The highest BCUT2D eigenvalue weighted by Crippen LogP contribution is 2.42. The molecule has 0 aromatic rings. The molecule has 1 aliphatic rings. The lowest BCUT2D eigenvalue weighted by molar-refractivity contribution is -0.140. The fraction of sp³-hybridized carbons (Fsp3) is 0.800. The van der Waals surface area contributed by atoms with Crippen molar-refractivity contribution in [2.24, 2.45) is 5.92 Å². The summed E-state index contributed by atoms with van der Waals surface area (Å²) < 4.78 is 0. The predicted octanol–water partition coefficient (Wildman–Crippen LogP) is -0.158. The quantitative estimate of drug-likeness (QED) is 0.500. The Labute approximate surface area is 46.9 Å². The summed E-state index contributed by atoms with van der Waals surface area (Å²) in [6.07, 6.45) is 0.405. The van der Waals surface area contributed by atoms with Crippen LogP contribution in [-0.4, -0.2) is 21.8 Å². The number of carbonyl (C=O) groups is 1. The van der Waals surface area contributed by atoms with Crippen LogP contribution in [0.4, 0.5) is 0 Å². The molecule has 0 heterocycles. The van der Waals surface area contributed by atoms with Gasteiger partial charge in [0.05, 0.1) is 11.5 Å². The summed E-state index contributed by atoms with van der Waals surface area (Å²) in [5, 5.41) is 17.1. The van der Waals surface area contributed by atoms with Crippen LogP contribution >= 0.6 is 0 Å². The Bertz CT molecular complexity index is 128. The highest BCUT2D eigenvalue weighted by atomic mass is 16.4. The summed E-state index contributed by atoms with van der Waals surface area (Å²) in [5.41, 5.74) is -0.911. The molecule has 2 atom stereocenters. The zero-order valence-corrected chi connectivity index (χ0v) is 4.59. The Morgan fingerprint density at radius 2 is 2.25 bits per heavy atom. The first-order chi connectivity index (χ1) is 3.54. The van der Waals surface area contributed by atoms with E-state index in [1.165, 1.54) is 6.92 Å². The third-order valence-electron chi connectivity index (χ3n) is 1.51. The van der Waals surface area contributed by atoms with Gasteiger partial charge in [-0.2, -0.15) is 0 Å². The molecule has 0 aromatic heterocycles. The lowest BCUT2D eigenvalue weighted by atomic mass is 10.3. The van der Waals surface area contributed by atoms with Crippen LogP contribution in [0, 0.1) is 5.92 Å². The second kappa shape index (κ2) is 1.23. The van der Waals surface area contributed by atoms with Crippen LogP contribution < -0.4 is 0 Å². The van der Waals surface area contributed by atoms with E-state index in [2.05, 4.69) is 0 Å². The standard InChI is InChI=1S/C5H8O3/c1-5(8)2-3(5)4(6)7/h3,8H,2H2,1H3,(H,6,7). The van der Waals surface area contributed by atoms with E-state index in [0.29, 0.717) is 6.42 Å². The van der Waals surface area contributed by atoms with Crippen molar-refractivity contribution in [1.29, 1.82) is 0 Å². The number of aliphatic hydroxyl groups is 1. The Kier molecular flexibility index (Phi) is 0.854. The SMILES string of the molecule is CC1(O)CC1C(=O)O. The van der Waals surface area contributed by atoms with Gasteiger partial charge in [0.15, 0.2) is 0 Å². The van der Waals surface area contributed by atoms with Crippen LogP contribution in [0.15, 0.2) is 0 Å². The van der Waals surface area contributed by atoms with Crippen LogP contribution in [0.1, 0.15) is 13.3 Å². The Balaban J connectivity index is 2.48. The molecule has 46 valence electrons. The van der Waals surface area contributed by atoms with Gasteiger partial charge in [-0.3, -0.25) is 4.79 Å². The van der Waals surface area contributed by atoms with Crippen molar-refractivity contribution in [3.8, 4) is 0 Å². The zero-order valence-electron chi connectivity index (χ0n) is 4.59. The summed E-state index contributed by atoms with van der Waals surface area (Å²) in [6, 6.07) is 0. The number of aliphatic carboxylic acids is 1. The minimum Gasteiger partial charge on any atom is -0.481 e. The van der Waals surface area contributed by atoms with Gasteiger partial charge < -0.3 is 10.2 Å². The van der Waals surface area contributed by atoms with E-state index in [-0.39, 0.29) is 0 Å². The third kappa shape index (κ3) is 0.690. The highest BCUT2D eigenvalue weighted by molar-refractivity contribution is 5.75. The molecule has 2 N–H and O–H groups in total. The minimum absolute atomic E-state index is 0.405. The van der Waals surface area contributed by atoms with Crippen molar-refractivity contribution in [1.82, 2.24) is 0 Å². The number of hydrogen-bond acceptors (Lipinski definition) is 2. The number of carboxylic acids is 1. The fourth-order valence-electron chi connectivity index (χ4n) is 0.708. The number of hydrogen-bond donors (Lipinski definition) is 2. The molecule has 0 bridgehead atoms. The van der Waals surface area contributed by atoms with Crippen molar-refractivity contribution in [2.75, 3.05) is 0 Å². The third-order valence-corrected chi connectivity index (χ3v) is 1.51. The molecule has 1 rings (SSSR count). The topological polar surface area (TPSA) is 57.5 Å². The molecule has 0 radical (unpaired) electrons. The predicted molar refractivity (Wildman–Crippen MR) is 26.4 cm³/mol. The van der Waals surface area contributed by atoms with E-state index >= 15 is 0 Å². The minimum atomic E-state index is -0.911. The second-order valence-corrected chi connectivity index (χ2v) is 2.45. The Hall–Kier alpha value is -0.570. The van der Waals surface area contributed by atoms with Crippen molar-refractivity contribution >= 4 is 5.97 Å². The van der Waals surface area contributed by atoms with Gasteiger partial charge in [0, 0.05) is 0 Å². The molecule has 0 spiro atoms. The smallest absolute Gasteiger partial charge is 0.309 e. The first-order valence-corrected chi connectivity index (χ1v) is 2.49. The number of carboxylic acid groups (broad SMARTS) is 1. The molecular formula is C5H8O3. The maximum absolute atomic E-state index is 10.0. The van der Waals surface area contributed by atoms with Crippen LogP contribution in [-0.2, 0) is 4.79 Å². The van der Waals surface area contributed by atoms with Crippen molar-refractivity contribution < 1.29 is 15.0 Å². The molecule has 0 aliphatic heterocycles. The van der Waals surface area contributed by atoms with E-state index in [4.69, 9.17) is 10.2 Å². The molecule has 8 heavy (non-hydrogen) atoms. The van der Waals surface area contributed by atoms with E-state index in [9.17, 15) is 4.79 Å². The summed E-state index contributed by atoms with van der Waals surface area (Å²) in [4.78, 5) is 10.0. The fourth-order valence-corrected chi connectivity index (χ4v) is 0.708. The Morgan fingerprint density at radius 3 is 2.25 bits per heavy atom. The van der Waals surface area contributed by atoms with E-state index < -0.39 is 17.5 Å². The molecule has 0 amide bonds. The van der Waals surface area contributed by atoms with Gasteiger partial charge in [0.1, 0.15) is 0 Å². The normalized spacial score (nSPS) is 44.0. The monoisotopic (exact) mass is 116 g/mol. The second-order valence-electron chi connectivity index (χ2n) is 2.45. The molecule has 1 saturated carbocycles. The van der Waals surface area contributed by atoms with Crippen molar-refractivity contribution in [3.63, 3.8) is 0 Å². The molecule has 1 aliphatic carbocycles. The summed E-state index contributed by atoms with van der Waals surface area (Å²) in [7, 11) is 0. The number of rotatable bonds is 1. The Morgan fingerprint density at radius 1 is 1.88 bits per heavy atom. The maximum atomic E-state index is 10.0. The van der Waals surface area contributed by atoms with Crippen LogP contribution in [0.5, 0.6) is 0 Å². The first kappa shape index (κ1) is 5.56. The van der Waals surface area contributed by atoms with Crippen molar-refractivity contribution in [3.05, 3.63) is 0 Å². The summed E-state index contributed by atoms with van der Waals surface area (Å²) in [6.45, 7) is 1.53. The van der Waals surface area contributed by atoms with Crippen molar-refractivity contribution in [2.45, 2.75) is 18.9 Å². The van der Waals surface area contributed by atoms with E-state index in [1.54, 1.807) is 0 Å². The molecule has 0 saturated heterocycles. The van der Waals surface area contributed by atoms with Gasteiger partial charge in [-0.1, -0.05) is 0 Å². The first-order valence-electron chi connectivity index (χ1n) is 2.49. The molecule has 1 fully saturated rings. The summed E-state index contributed by atoms with van der Waals surface area (Å²) >= 11 is 0. The van der Waals surface area contributed by atoms with Crippen LogP contribution in [0.3, 0.4) is 0 Å². The summed E-state index contributed by atoms with van der Waals surface area (Å²) in [5.74, 6) is -1.41. The van der Waals surface area contributed by atoms with Gasteiger partial charge in [-0.05, 0) is 13.3 Å². The maximum Gasteiger partial charge on any atom is 0.309 e. The molecule has 0 aromatic carbocycles.